The second-order valence-electron chi connectivity index (χ2n) is 4.05. The van der Waals surface area contributed by atoms with Crippen LogP contribution in [0.4, 0.5) is 5.69 Å². The summed E-state index contributed by atoms with van der Waals surface area (Å²) in [6.45, 7) is 2.48. The number of thioether (sulfide) groups is 1. The molecule has 1 aromatic carbocycles. The van der Waals surface area contributed by atoms with Crippen molar-refractivity contribution in [2.24, 2.45) is 0 Å². The number of aryl methyl sites for hydroxylation is 1. The Hall–Kier alpha value is -1.46. The second kappa shape index (κ2) is 5.93. The normalized spacial score (nSPS) is 10.8. The third-order valence-corrected chi connectivity index (χ3v) is 3.56. The fraction of sp³-hybridized carbons (Fsp3) is 0.308. The molecule has 18 heavy (non-hydrogen) atoms. The molecular weight excluding hydrogens is 248 g/mol. The van der Waals surface area contributed by atoms with Gasteiger partial charge >= 0.3 is 0 Å². The van der Waals surface area contributed by atoms with E-state index >= 15 is 0 Å². The Balaban J connectivity index is 1.97. The second-order valence-corrected chi connectivity index (χ2v) is 5.06. The van der Waals surface area contributed by atoms with Crippen molar-refractivity contribution < 1.29 is 9.26 Å². The van der Waals surface area contributed by atoms with Crippen molar-refractivity contribution in [2.75, 3.05) is 12.8 Å². The number of nitrogens with zero attached hydrogens (tertiary/aromatic N) is 1. The van der Waals surface area contributed by atoms with E-state index in [1.807, 2.05) is 25.1 Å². The number of rotatable bonds is 5. The lowest BCUT2D eigenvalue weighted by atomic mass is 10.2. The van der Waals surface area contributed by atoms with Crippen LogP contribution in [0.1, 0.15) is 17.0 Å². The van der Waals surface area contributed by atoms with Gasteiger partial charge in [0.15, 0.2) is 5.76 Å². The molecule has 1 heterocycles. The number of hydrogen-bond acceptors (Lipinski definition) is 5. The average molecular weight is 264 g/mol. The standard InChI is InChI=1S/C13H16N2O2S/c1-9-3-4-13(12(14)5-9)18-8-10-6-11(7-16-2)17-15-10/h3-6H,7-8,14H2,1-2H3. The number of aromatic nitrogens is 1. The number of methoxy groups -OCH3 is 1. The highest BCUT2D eigenvalue weighted by molar-refractivity contribution is 7.98. The Bertz CT molecular complexity index is 525. The summed E-state index contributed by atoms with van der Waals surface area (Å²) in [5.74, 6) is 1.48. The van der Waals surface area contributed by atoms with Crippen LogP contribution in [0.15, 0.2) is 33.7 Å². The topological polar surface area (TPSA) is 61.3 Å². The van der Waals surface area contributed by atoms with Gasteiger partial charge in [-0.05, 0) is 24.6 Å². The van der Waals surface area contributed by atoms with E-state index in [0.717, 1.165) is 27.8 Å². The Morgan fingerprint density at radius 1 is 1.39 bits per heavy atom. The summed E-state index contributed by atoms with van der Waals surface area (Å²) >= 11 is 1.65. The number of hydrogen-bond donors (Lipinski definition) is 1. The van der Waals surface area contributed by atoms with E-state index in [1.54, 1.807) is 18.9 Å². The van der Waals surface area contributed by atoms with Crippen molar-refractivity contribution in [1.29, 1.82) is 0 Å². The number of nitrogen functional groups attached to an aromatic ring is 1. The monoisotopic (exact) mass is 264 g/mol. The molecule has 0 aliphatic rings. The van der Waals surface area contributed by atoms with Gasteiger partial charge in [-0.1, -0.05) is 11.2 Å². The highest BCUT2D eigenvalue weighted by atomic mass is 32.2. The van der Waals surface area contributed by atoms with E-state index in [1.165, 1.54) is 5.56 Å². The average Bonchev–Trinajstić information content (AvgIpc) is 2.76. The molecule has 0 amide bonds. The smallest absolute Gasteiger partial charge is 0.162 e. The van der Waals surface area contributed by atoms with Gasteiger partial charge in [-0.25, -0.2) is 0 Å². The Morgan fingerprint density at radius 2 is 2.22 bits per heavy atom. The first-order chi connectivity index (χ1) is 8.69. The quantitative estimate of drug-likeness (QED) is 0.664. The van der Waals surface area contributed by atoms with Crippen LogP contribution in [0.25, 0.3) is 0 Å². The Kier molecular flexibility index (Phi) is 4.28. The Labute approximate surface area is 110 Å². The first-order valence-corrected chi connectivity index (χ1v) is 6.60. The van der Waals surface area contributed by atoms with E-state index in [4.69, 9.17) is 15.0 Å². The zero-order valence-electron chi connectivity index (χ0n) is 10.5. The molecule has 0 unspecified atom stereocenters. The van der Waals surface area contributed by atoms with E-state index in [-0.39, 0.29) is 0 Å². The lowest BCUT2D eigenvalue weighted by molar-refractivity contribution is 0.156. The van der Waals surface area contributed by atoms with E-state index in [0.29, 0.717) is 6.61 Å². The first-order valence-electron chi connectivity index (χ1n) is 5.61. The summed E-state index contributed by atoms with van der Waals surface area (Å²) in [4.78, 5) is 1.07. The molecule has 0 fully saturated rings. The summed E-state index contributed by atoms with van der Waals surface area (Å²) in [5.41, 5.74) is 8.82. The van der Waals surface area contributed by atoms with Crippen LogP contribution >= 0.6 is 11.8 Å². The molecule has 2 rings (SSSR count). The van der Waals surface area contributed by atoms with Crippen molar-refractivity contribution in [3.05, 3.63) is 41.3 Å². The predicted molar refractivity (Wildman–Crippen MR) is 72.4 cm³/mol. The highest BCUT2D eigenvalue weighted by Crippen LogP contribution is 2.28. The van der Waals surface area contributed by atoms with Gasteiger partial charge in [0.25, 0.3) is 0 Å². The summed E-state index contributed by atoms with van der Waals surface area (Å²) in [6, 6.07) is 7.96. The molecule has 0 radical (unpaired) electrons. The van der Waals surface area contributed by atoms with Gasteiger partial charge < -0.3 is 15.0 Å². The summed E-state index contributed by atoms with van der Waals surface area (Å²) < 4.78 is 10.1. The molecule has 0 aliphatic carbocycles. The fourth-order valence-electron chi connectivity index (χ4n) is 1.59. The third kappa shape index (κ3) is 3.27. The maximum absolute atomic E-state index is 5.95. The number of ether oxygens (including phenoxy) is 1. The van der Waals surface area contributed by atoms with Gasteiger partial charge in [0.05, 0.1) is 5.69 Å². The minimum atomic E-state index is 0.449. The van der Waals surface area contributed by atoms with Crippen molar-refractivity contribution in [1.82, 2.24) is 5.16 Å². The molecule has 0 saturated heterocycles. The molecule has 0 spiro atoms. The molecule has 1 aromatic heterocycles. The SMILES string of the molecule is COCc1cc(CSc2ccc(C)cc2N)no1. The summed E-state index contributed by atoms with van der Waals surface area (Å²) in [5, 5.41) is 3.98. The van der Waals surface area contributed by atoms with Gasteiger partial charge in [0, 0.05) is 29.5 Å². The van der Waals surface area contributed by atoms with E-state index in [2.05, 4.69) is 11.2 Å². The first kappa shape index (κ1) is 13.0. The fourth-order valence-corrected chi connectivity index (χ4v) is 2.41. The lowest BCUT2D eigenvalue weighted by Crippen LogP contribution is -1.90. The summed E-state index contributed by atoms with van der Waals surface area (Å²) in [7, 11) is 1.63. The van der Waals surface area contributed by atoms with Crippen LogP contribution in [0, 0.1) is 6.92 Å². The highest BCUT2D eigenvalue weighted by Gasteiger charge is 2.06. The van der Waals surface area contributed by atoms with Crippen molar-refractivity contribution in [2.45, 2.75) is 24.2 Å². The molecule has 5 heteroatoms. The van der Waals surface area contributed by atoms with Gasteiger partial charge in [-0.3, -0.25) is 0 Å². The van der Waals surface area contributed by atoms with Crippen LogP contribution in [-0.4, -0.2) is 12.3 Å². The maximum Gasteiger partial charge on any atom is 0.162 e. The van der Waals surface area contributed by atoms with Crippen LogP contribution in [-0.2, 0) is 17.1 Å². The number of benzene rings is 1. The largest absolute Gasteiger partial charge is 0.398 e. The molecule has 0 atom stereocenters. The molecule has 2 N–H and O–H groups in total. The molecule has 2 aromatic rings. The van der Waals surface area contributed by atoms with Crippen molar-refractivity contribution >= 4 is 17.4 Å². The third-order valence-electron chi connectivity index (χ3n) is 2.44. The zero-order chi connectivity index (χ0) is 13.0. The van der Waals surface area contributed by atoms with Crippen molar-refractivity contribution in [3.8, 4) is 0 Å². The van der Waals surface area contributed by atoms with Crippen LogP contribution in [0.2, 0.25) is 0 Å². The minimum Gasteiger partial charge on any atom is -0.398 e. The van der Waals surface area contributed by atoms with Crippen molar-refractivity contribution in [3.63, 3.8) is 0 Å². The molecule has 0 aliphatic heterocycles. The van der Waals surface area contributed by atoms with Gasteiger partial charge in [0.1, 0.15) is 6.61 Å². The van der Waals surface area contributed by atoms with E-state index in [9.17, 15) is 0 Å². The van der Waals surface area contributed by atoms with Gasteiger partial charge in [0.2, 0.25) is 0 Å². The molecule has 0 bridgehead atoms. The minimum absolute atomic E-state index is 0.449. The number of nitrogens with two attached hydrogens (primary N) is 1. The number of anilines is 1. The van der Waals surface area contributed by atoms with Crippen LogP contribution < -0.4 is 5.73 Å². The maximum atomic E-state index is 5.95. The zero-order valence-corrected chi connectivity index (χ0v) is 11.3. The molecule has 0 saturated carbocycles. The van der Waals surface area contributed by atoms with Gasteiger partial charge in [-0.2, -0.15) is 0 Å². The van der Waals surface area contributed by atoms with Crippen LogP contribution in [0.5, 0.6) is 0 Å². The van der Waals surface area contributed by atoms with Crippen LogP contribution in [0.3, 0.4) is 0 Å². The predicted octanol–water partition coefficient (Wildman–Crippen LogP) is 3.00. The molecule has 4 nitrogen and oxygen atoms in total. The molecule has 96 valence electrons. The summed E-state index contributed by atoms with van der Waals surface area (Å²) in [6.07, 6.45) is 0. The Morgan fingerprint density at radius 3 is 2.94 bits per heavy atom. The van der Waals surface area contributed by atoms with Gasteiger partial charge in [-0.15, -0.1) is 11.8 Å². The lowest BCUT2D eigenvalue weighted by Gasteiger charge is -2.04. The molecular formula is C13H16N2O2S. The van der Waals surface area contributed by atoms with E-state index < -0.39 is 0 Å².